The number of allylic oxidation sites excluding steroid dienone is 1. The molecule has 102 valence electrons. The van der Waals surface area contributed by atoms with Crippen molar-refractivity contribution in [3.8, 4) is 0 Å². The molecule has 0 aromatic rings. The second-order valence-electron chi connectivity index (χ2n) is 5.75. The van der Waals surface area contributed by atoms with Crippen LogP contribution in [0.25, 0.3) is 0 Å². The van der Waals surface area contributed by atoms with Gasteiger partial charge in [-0.05, 0) is 38.3 Å². The molecule has 0 amide bonds. The first-order chi connectivity index (χ1) is 8.87. The van der Waals surface area contributed by atoms with E-state index < -0.39 is 23.8 Å². The fraction of sp³-hybridized carbons (Fsp3) is 0.533. The van der Waals surface area contributed by atoms with Crippen LogP contribution in [0.2, 0.25) is 0 Å². The predicted molar refractivity (Wildman–Crippen MR) is 69.2 cm³/mol. The second kappa shape index (κ2) is 3.81. The fourth-order valence-corrected chi connectivity index (χ4v) is 3.66. The molecule has 0 radical (unpaired) electrons. The topological polar surface area (TPSA) is 66.8 Å². The average molecular weight is 262 g/mol. The van der Waals surface area contributed by atoms with Crippen molar-refractivity contribution in [3.05, 3.63) is 34.9 Å². The van der Waals surface area contributed by atoms with E-state index >= 15 is 0 Å². The number of rotatable bonds is 0. The van der Waals surface area contributed by atoms with Crippen LogP contribution in [-0.2, 0) is 9.53 Å². The molecular formula is C15H18O4. The molecule has 4 nitrogen and oxygen atoms in total. The zero-order valence-corrected chi connectivity index (χ0v) is 11.1. The molecule has 0 spiro atoms. The Labute approximate surface area is 112 Å². The van der Waals surface area contributed by atoms with Gasteiger partial charge in [-0.1, -0.05) is 12.2 Å². The van der Waals surface area contributed by atoms with Gasteiger partial charge < -0.3 is 14.9 Å². The van der Waals surface area contributed by atoms with Crippen molar-refractivity contribution in [2.24, 2.45) is 5.92 Å². The van der Waals surface area contributed by atoms with Crippen LogP contribution in [0.1, 0.15) is 26.7 Å². The Bertz CT molecular complexity index is 542. The molecule has 1 aliphatic heterocycles. The Hall–Kier alpha value is -1.39. The molecule has 0 saturated carbocycles. The van der Waals surface area contributed by atoms with Crippen molar-refractivity contribution < 1.29 is 19.7 Å². The summed E-state index contributed by atoms with van der Waals surface area (Å²) in [4.78, 5) is 11.7. The van der Waals surface area contributed by atoms with E-state index in [1.54, 1.807) is 13.0 Å². The monoisotopic (exact) mass is 262 g/mol. The third-order valence-corrected chi connectivity index (χ3v) is 4.73. The van der Waals surface area contributed by atoms with E-state index in [-0.39, 0.29) is 5.92 Å². The van der Waals surface area contributed by atoms with Gasteiger partial charge in [-0.25, -0.2) is 4.79 Å². The minimum Gasteiger partial charge on any atom is -0.455 e. The summed E-state index contributed by atoms with van der Waals surface area (Å²) in [5.74, 6) is -0.616. The van der Waals surface area contributed by atoms with Crippen LogP contribution in [0.3, 0.4) is 0 Å². The Kier molecular flexibility index (Phi) is 2.53. The Morgan fingerprint density at radius 2 is 2.16 bits per heavy atom. The zero-order valence-electron chi connectivity index (χ0n) is 11.1. The van der Waals surface area contributed by atoms with Crippen LogP contribution in [0, 0.1) is 5.92 Å². The van der Waals surface area contributed by atoms with Gasteiger partial charge in [0.2, 0.25) is 0 Å². The van der Waals surface area contributed by atoms with Crippen LogP contribution >= 0.6 is 0 Å². The largest absolute Gasteiger partial charge is 0.455 e. The smallest absolute Gasteiger partial charge is 0.334 e. The predicted octanol–water partition coefficient (Wildman–Crippen LogP) is 1.25. The highest BCUT2D eigenvalue weighted by Crippen LogP contribution is 2.50. The van der Waals surface area contributed by atoms with Crippen LogP contribution in [-0.4, -0.2) is 34.0 Å². The molecule has 4 heteroatoms. The summed E-state index contributed by atoms with van der Waals surface area (Å²) in [6.07, 6.45) is 1.63. The van der Waals surface area contributed by atoms with Crippen molar-refractivity contribution in [1.29, 1.82) is 0 Å². The summed E-state index contributed by atoms with van der Waals surface area (Å²) in [7, 11) is 0. The fourth-order valence-electron chi connectivity index (χ4n) is 3.66. The van der Waals surface area contributed by atoms with E-state index in [9.17, 15) is 15.0 Å². The van der Waals surface area contributed by atoms with Crippen LogP contribution in [0.15, 0.2) is 34.9 Å². The molecule has 4 atom stereocenters. The van der Waals surface area contributed by atoms with E-state index in [1.807, 2.05) is 6.92 Å². The van der Waals surface area contributed by atoms with Gasteiger partial charge in [0, 0.05) is 17.1 Å². The molecule has 1 fully saturated rings. The van der Waals surface area contributed by atoms with Gasteiger partial charge in [-0.2, -0.15) is 0 Å². The van der Waals surface area contributed by atoms with E-state index in [2.05, 4.69) is 6.58 Å². The molecule has 2 aliphatic carbocycles. The number of aliphatic hydroxyl groups excluding tert-OH is 1. The lowest BCUT2D eigenvalue weighted by molar-refractivity contribution is -0.147. The van der Waals surface area contributed by atoms with Crippen LogP contribution in [0.5, 0.6) is 0 Å². The number of hydrogen-bond donors (Lipinski definition) is 2. The van der Waals surface area contributed by atoms with Crippen molar-refractivity contribution in [3.63, 3.8) is 0 Å². The minimum atomic E-state index is -1.38. The van der Waals surface area contributed by atoms with Gasteiger partial charge in [0.05, 0.1) is 6.10 Å². The number of aliphatic hydroxyl groups is 2. The summed E-state index contributed by atoms with van der Waals surface area (Å²) < 4.78 is 5.37. The lowest BCUT2D eigenvalue weighted by Gasteiger charge is -2.34. The Balaban J connectivity index is 2.17. The van der Waals surface area contributed by atoms with Crippen LogP contribution in [0.4, 0.5) is 0 Å². The maximum absolute atomic E-state index is 11.7. The lowest BCUT2D eigenvalue weighted by Crippen LogP contribution is -2.47. The van der Waals surface area contributed by atoms with Gasteiger partial charge in [-0.15, -0.1) is 0 Å². The molecule has 2 N–H and O–H groups in total. The number of carbonyl (C=O) groups excluding carboxylic acids is 1. The number of ether oxygens (including phenoxy) is 1. The molecule has 0 aromatic heterocycles. The second-order valence-corrected chi connectivity index (χ2v) is 5.75. The number of esters is 1. The van der Waals surface area contributed by atoms with Gasteiger partial charge in [-0.3, -0.25) is 0 Å². The van der Waals surface area contributed by atoms with Crippen molar-refractivity contribution in [1.82, 2.24) is 0 Å². The summed E-state index contributed by atoms with van der Waals surface area (Å²) in [6.45, 7) is 7.47. The van der Waals surface area contributed by atoms with Crippen molar-refractivity contribution in [2.45, 2.75) is 44.5 Å². The number of carbonyl (C=O) groups is 1. The van der Waals surface area contributed by atoms with Gasteiger partial charge in [0.15, 0.2) is 0 Å². The third-order valence-electron chi connectivity index (χ3n) is 4.73. The zero-order chi connectivity index (χ0) is 13.9. The van der Waals surface area contributed by atoms with Crippen LogP contribution < -0.4 is 0 Å². The van der Waals surface area contributed by atoms with Crippen molar-refractivity contribution in [2.75, 3.05) is 0 Å². The molecule has 0 unspecified atom stereocenters. The molecule has 1 saturated heterocycles. The first-order valence-electron chi connectivity index (χ1n) is 6.56. The van der Waals surface area contributed by atoms with E-state index in [0.717, 1.165) is 12.0 Å². The van der Waals surface area contributed by atoms with Gasteiger partial charge in [0.25, 0.3) is 0 Å². The first-order valence-corrected chi connectivity index (χ1v) is 6.56. The number of hydrogen-bond acceptors (Lipinski definition) is 4. The molecule has 0 aromatic carbocycles. The molecular weight excluding hydrogens is 244 g/mol. The molecule has 19 heavy (non-hydrogen) atoms. The molecule has 3 rings (SSSR count). The highest BCUT2D eigenvalue weighted by atomic mass is 16.6. The average Bonchev–Trinajstić information content (AvgIpc) is 2.70. The van der Waals surface area contributed by atoms with Gasteiger partial charge in [0.1, 0.15) is 11.7 Å². The van der Waals surface area contributed by atoms with E-state index in [4.69, 9.17) is 4.74 Å². The van der Waals surface area contributed by atoms with E-state index in [0.29, 0.717) is 23.1 Å². The molecule has 1 heterocycles. The summed E-state index contributed by atoms with van der Waals surface area (Å²) >= 11 is 0. The summed E-state index contributed by atoms with van der Waals surface area (Å²) in [6, 6.07) is 0. The van der Waals surface area contributed by atoms with Crippen molar-refractivity contribution >= 4 is 5.97 Å². The normalized spacial score (nSPS) is 41.7. The standard InChI is InChI=1S/C15H18O4/c1-7-4-5-10-9(3)14(17)19-13(10)15(18)8(2)6-11(16)12(7)15/h6,10-11,13,16,18H,3-5H2,1-2H3/t10-,11-,13-,15+/m0/s1. The lowest BCUT2D eigenvalue weighted by atomic mass is 9.79. The van der Waals surface area contributed by atoms with E-state index in [1.165, 1.54) is 0 Å². The maximum Gasteiger partial charge on any atom is 0.334 e. The third kappa shape index (κ3) is 1.44. The molecule has 0 bridgehead atoms. The SMILES string of the molecule is C=C1C(=O)O[C@H]2[C@H]1CCC(C)=C1[C@@H](O)C=C(C)[C@@]12O. The maximum atomic E-state index is 11.7. The highest BCUT2D eigenvalue weighted by Gasteiger charge is 2.58. The Morgan fingerprint density at radius 1 is 1.47 bits per heavy atom. The minimum absolute atomic E-state index is 0.182. The van der Waals surface area contributed by atoms with Gasteiger partial charge >= 0.3 is 5.97 Å². The summed E-state index contributed by atoms with van der Waals surface area (Å²) in [5.41, 5.74) is 1.26. The molecule has 3 aliphatic rings. The quantitative estimate of drug-likeness (QED) is 0.392. The highest BCUT2D eigenvalue weighted by molar-refractivity contribution is 5.91. The summed E-state index contributed by atoms with van der Waals surface area (Å²) in [5, 5.41) is 21.3. The number of fused-ring (bicyclic) bond motifs is 3. The Morgan fingerprint density at radius 3 is 2.84 bits per heavy atom. The first kappa shape index (κ1) is 12.6.